The number of amides is 1. The van der Waals surface area contributed by atoms with Crippen LogP contribution in [0.4, 0.5) is 5.69 Å². The molecule has 4 rings (SSSR count). The van der Waals surface area contributed by atoms with Crippen LogP contribution in [0.3, 0.4) is 0 Å². The lowest BCUT2D eigenvalue weighted by atomic mass is 10.1. The maximum Gasteiger partial charge on any atom is 0.255 e. The quantitative estimate of drug-likeness (QED) is 0.492. The van der Waals surface area contributed by atoms with Crippen LogP contribution >= 0.6 is 11.6 Å². The van der Waals surface area contributed by atoms with Gasteiger partial charge in [0.15, 0.2) is 0 Å². The predicted octanol–water partition coefficient (Wildman–Crippen LogP) is 5.62. The fourth-order valence-corrected chi connectivity index (χ4v) is 2.85. The van der Waals surface area contributed by atoms with E-state index in [-0.39, 0.29) is 5.91 Å². The molecule has 138 valence electrons. The predicted molar refractivity (Wildman–Crippen MR) is 109 cm³/mol. The number of carbonyl (C=O) groups is 1. The van der Waals surface area contributed by atoms with Crippen molar-refractivity contribution in [2.24, 2.45) is 0 Å². The van der Waals surface area contributed by atoms with Crippen LogP contribution in [0, 0.1) is 6.92 Å². The van der Waals surface area contributed by atoms with Crippen LogP contribution < -0.4 is 5.32 Å². The van der Waals surface area contributed by atoms with E-state index in [2.05, 4.69) is 15.5 Å². The number of carbonyl (C=O) groups excluding carboxylic acids is 1. The zero-order valence-corrected chi connectivity index (χ0v) is 15.8. The normalized spacial score (nSPS) is 10.6. The Morgan fingerprint density at radius 2 is 1.57 bits per heavy atom. The lowest BCUT2D eigenvalue weighted by Crippen LogP contribution is -2.12. The topological polar surface area (TPSA) is 68.0 Å². The van der Waals surface area contributed by atoms with E-state index in [9.17, 15) is 4.79 Å². The first kappa shape index (κ1) is 17.9. The Morgan fingerprint density at radius 1 is 0.893 bits per heavy atom. The number of para-hydroxylation sites is 1. The molecule has 0 fully saturated rings. The second-order valence-corrected chi connectivity index (χ2v) is 6.72. The summed E-state index contributed by atoms with van der Waals surface area (Å²) < 4.78 is 5.82. The number of benzene rings is 3. The minimum absolute atomic E-state index is 0.204. The summed E-state index contributed by atoms with van der Waals surface area (Å²) in [6, 6.07) is 21.8. The molecular weight excluding hydrogens is 374 g/mol. The van der Waals surface area contributed by atoms with Gasteiger partial charge in [0.2, 0.25) is 11.8 Å². The molecule has 6 heteroatoms. The molecule has 1 N–H and O–H groups in total. The number of aromatic nitrogens is 2. The van der Waals surface area contributed by atoms with Gasteiger partial charge in [0.25, 0.3) is 5.91 Å². The molecule has 0 spiro atoms. The Bertz CT molecular complexity index is 1120. The van der Waals surface area contributed by atoms with Crippen LogP contribution in [0.1, 0.15) is 15.9 Å². The number of anilines is 1. The van der Waals surface area contributed by atoms with Gasteiger partial charge < -0.3 is 9.73 Å². The molecule has 1 aromatic heterocycles. The molecule has 1 amide bonds. The zero-order valence-electron chi connectivity index (χ0n) is 15.0. The van der Waals surface area contributed by atoms with Crippen molar-refractivity contribution >= 4 is 23.2 Å². The highest BCUT2D eigenvalue weighted by Gasteiger charge is 2.16. The third-order valence-electron chi connectivity index (χ3n) is 4.24. The van der Waals surface area contributed by atoms with E-state index < -0.39 is 0 Å². The highest BCUT2D eigenvalue weighted by atomic mass is 35.5. The van der Waals surface area contributed by atoms with Crippen LogP contribution in [0.25, 0.3) is 22.9 Å². The van der Waals surface area contributed by atoms with Gasteiger partial charge in [0.05, 0.1) is 11.3 Å². The van der Waals surface area contributed by atoms with Gasteiger partial charge in [0.1, 0.15) is 0 Å². The summed E-state index contributed by atoms with van der Waals surface area (Å²) in [5.74, 6) is 0.501. The second-order valence-electron chi connectivity index (χ2n) is 6.28. The van der Waals surface area contributed by atoms with E-state index in [0.29, 0.717) is 33.6 Å². The molecule has 0 unspecified atom stereocenters. The van der Waals surface area contributed by atoms with Crippen LogP contribution in [0.15, 0.2) is 77.2 Å². The first-order valence-corrected chi connectivity index (χ1v) is 9.05. The lowest BCUT2D eigenvalue weighted by molar-refractivity contribution is 0.102. The second kappa shape index (κ2) is 7.66. The third-order valence-corrected chi connectivity index (χ3v) is 4.49. The Hall–Kier alpha value is -3.44. The SMILES string of the molecule is Cc1ccc(C(=O)Nc2ccccc2-c2nnc(-c3ccc(Cl)cc3)o2)cc1. The maximum absolute atomic E-state index is 12.6. The van der Waals surface area contributed by atoms with Gasteiger partial charge in [-0.3, -0.25) is 4.79 Å². The summed E-state index contributed by atoms with van der Waals surface area (Å²) in [5.41, 5.74) is 3.68. The zero-order chi connectivity index (χ0) is 19.5. The van der Waals surface area contributed by atoms with Crippen molar-refractivity contribution < 1.29 is 9.21 Å². The molecule has 0 saturated heterocycles. The molecule has 4 aromatic rings. The first-order valence-electron chi connectivity index (χ1n) is 8.67. The number of hydrogen-bond acceptors (Lipinski definition) is 4. The Labute approximate surface area is 167 Å². The van der Waals surface area contributed by atoms with Crippen molar-refractivity contribution in [2.75, 3.05) is 5.32 Å². The molecule has 0 radical (unpaired) electrons. The number of aryl methyl sites for hydroxylation is 1. The van der Waals surface area contributed by atoms with Gasteiger partial charge in [-0.05, 0) is 55.5 Å². The van der Waals surface area contributed by atoms with Gasteiger partial charge in [-0.15, -0.1) is 10.2 Å². The van der Waals surface area contributed by atoms with E-state index in [1.165, 1.54) is 0 Å². The molecule has 5 nitrogen and oxygen atoms in total. The third kappa shape index (κ3) is 3.80. The Kier molecular flexibility index (Phi) is 4.91. The summed E-state index contributed by atoms with van der Waals surface area (Å²) >= 11 is 5.92. The summed E-state index contributed by atoms with van der Waals surface area (Å²) in [6.45, 7) is 1.98. The molecule has 0 atom stereocenters. The van der Waals surface area contributed by atoms with Crippen molar-refractivity contribution in [3.63, 3.8) is 0 Å². The van der Waals surface area contributed by atoms with Gasteiger partial charge in [-0.1, -0.05) is 41.4 Å². The fraction of sp³-hybridized carbons (Fsp3) is 0.0455. The van der Waals surface area contributed by atoms with Crippen molar-refractivity contribution in [1.29, 1.82) is 0 Å². The summed E-state index contributed by atoms with van der Waals surface area (Å²) in [5, 5.41) is 11.8. The van der Waals surface area contributed by atoms with Crippen LogP contribution in [-0.4, -0.2) is 16.1 Å². The smallest absolute Gasteiger partial charge is 0.255 e. The van der Waals surface area contributed by atoms with Gasteiger partial charge in [-0.25, -0.2) is 0 Å². The van der Waals surface area contributed by atoms with Gasteiger partial charge in [0, 0.05) is 16.1 Å². The average Bonchev–Trinajstić information content (AvgIpc) is 3.19. The monoisotopic (exact) mass is 389 g/mol. The lowest BCUT2D eigenvalue weighted by Gasteiger charge is -2.09. The van der Waals surface area contributed by atoms with Crippen molar-refractivity contribution in [2.45, 2.75) is 6.92 Å². The number of rotatable bonds is 4. The summed E-state index contributed by atoms with van der Waals surface area (Å²) in [4.78, 5) is 12.6. The Balaban J connectivity index is 1.62. The van der Waals surface area contributed by atoms with E-state index in [4.69, 9.17) is 16.0 Å². The molecule has 0 aliphatic carbocycles. The highest BCUT2D eigenvalue weighted by molar-refractivity contribution is 6.30. The maximum atomic E-state index is 12.6. The molecule has 0 aliphatic heterocycles. The van der Waals surface area contributed by atoms with Gasteiger partial charge in [-0.2, -0.15) is 0 Å². The molecule has 1 heterocycles. The van der Waals surface area contributed by atoms with Crippen LogP contribution in [-0.2, 0) is 0 Å². The van der Waals surface area contributed by atoms with E-state index in [1.807, 2.05) is 49.4 Å². The van der Waals surface area contributed by atoms with Crippen LogP contribution in [0.2, 0.25) is 5.02 Å². The van der Waals surface area contributed by atoms with Crippen LogP contribution in [0.5, 0.6) is 0 Å². The van der Waals surface area contributed by atoms with E-state index >= 15 is 0 Å². The molecule has 0 bridgehead atoms. The summed E-state index contributed by atoms with van der Waals surface area (Å²) in [6.07, 6.45) is 0. The number of halogens is 1. The van der Waals surface area contributed by atoms with Crippen molar-refractivity contribution in [1.82, 2.24) is 10.2 Å². The number of nitrogens with one attached hydrogen (secondary N) is 1. The summed E-state index contributed by atoms with van der Waals surface area (Å²) in [7, 11) is 0. The number of hydrogen-bond donors (Lipinski definition) is 1. The Morgan fingerprint density at radius 3 is 2.32 bits per heavy atom. The van der Waals surface area contributed by atoms with Crippen molar-refractivity contribution in [3.8, 4) is 22.9 Å². The van der Waals surface area contributed by atoms with E-state index in [1.54, 1.807) is 30.3 Å². The van der Waals surface area contributed by atoms with Crippen molar-refractivity contribution in [3.05, 3.63) is 88.9 Å². The standard InChI is InChI=1S/C22H16ClN3O2/c1-14-6-8-15(9-7-14)20(27)24-19-5-3-2-4-18(19)22-26-25-21(28-22)16-10-12-17(23)13-11-16/h2-13H,1H3,(H,24,27). The van der Waals surface area contributed by atoms with E-state index in [0.717, 1.165) is 11.1 Å². The molecular formula is C22H16ClN3O2. The fourth-order valence-electron chi connectivity index (χ4n) is 2.72. The molecule has 0 aliphatic rings. The molecule has 3 aromatic carbocycles. The minimum Gasteiger partial charge on any atom is -0.416 e. The number of nitrogens with zero attached hydrogens (tertiary/aromatic N) is 2. The molecule has 28 heavy (non-hydrogen) atoms. The highest BCUT2D eigenvalue weighted by Crippen LogP contribution is 2.30. The largest absolute Gasteiger partial charge is 0.416 e. The first-order chi connectivity index (χ1) is 13.6. The van der Waals surface area contributed by atoms with Gasteiger partial charge >= 0.3 is 0 Å². The minimum atomic E-state index is -0.204. The average molecular weight is 390 g/mol. The molecule has 0 saturated carbocycles.